The van der Waals surface area contributed by atoms with Gasteiger partial charge in [-0.05, 0) is 12.1 Å². The molecule has 0 amide bonds. The average Bonchev–Trinajstić information content (AvgIpc) is 2.21. The summed E-state index contributed by atoms with van der Waals surface area (Å²) in [5.74, 6) is 0. The van der Waals surface area contributed by atoms with Crippen LogP contribution in [0.2, 0.25) is 0 Å². The Morgan fingerprint density at radius 3 is 2.38 bits per heavy atom. The fraction of sp³-hybridized carbons (Fsp3) is 0. The minimum Gasteiger partial charge on any atom is -0.258 e. The van der Waals surface area contributed by atoms with Gasteiger partial charge in [-0.3, -0.25) is 4.98 Å². The van der Waals surface area contributed by atoms with Gasteiger partial charge in [-0.25, -0.2) is 0 Å². The number of rotatable bonds is 1. The van der Waals surface area contributed by atoms with E-state index in [1.165, 1.54) is 0 Å². The summed E-state index contributed by atoms with van der Waals surface area (Å²) < 4.78 is 0. The molecule has 2 aromatic rings. The fourth-order valence-electron chi connectivity index (χ4n) is 1.09. The molecule has 0 aliphatic carbocycles. The van der Waals surface area contributed by atoms with Crippen molar-refractivity contribution in [3.63, 3.8) is 0 Å². The molecule has 0 saturated heterocycles. The molecule has 0 N–H and O–H groups in total. The number of hydrogen-bond acceptors (Lipinski definition) is 1. The van der Waals surface area contributed by atoms with E-state index in [0.717, 1.165) is 11.3 Å². The average molecular weight is 161 g/mol. The molecule has 0 spiro atoms. The van der Waals surface area contributed by atoms with E-state index in [0.29, 0.717) is 0 Å². The van der Waals surface area contributed by atoms with Gasteiger partial charge < -0.3 is 0 Å². The van der Waals surface area contributed by atoms with E-state index in [4.69, 9.17) is 0 Å². The van der Waals surface area contributed by atoms with Crippen LogP contribution in [-0.4, -0.2) is 4.98 Å². The largest absolute Gasteiger partial charge is 1.00 e. The van der Waals surface area contributed by atoms with Crippen LogP contribution in [0.25, 0.3) is 11.3 Å². The summed E-state index contributed by atoms with van der Waals surface area (Å²) in [5.41, 5.74) is 2.14. The van der Waals surface area contributed by atoms with Crippen molar-refractivity contribution in [3.8, 4) is 11.3 Å². The molecule has 0 unspecified atom stereocenters. The molecule has 0 fully saturated rings. The minimum absolute atomic E-state index is 0. The van der Waals surface area contributed by atoms with Crippen molar-refractivity contribution >= 4 is 0 Å². The normalized spacial score (nSPS) is 8.92. The van der Waals surface area contributed by atoms with Crippen molar-refractivity contribution in [2.45, 2.75) is 0 Å². The first kappa shape index (κ1) is 10.1. The summed E-state index contributed by atoms with van der Waals surface area (Å²) in [5, 5.41) is 0. The number of pyridine rings is 1. The predicted molar refractivity (Wildman–Crippen MR) is 48.5 cm³/mol. The molecule has 0 radical (unpaired) electrons. The summed E-state index contributed by atoms with van der Waals surface area (Å²) in [7, 11) is 0. The van der Waals surface area contributed by atoms with E-state index in [2.05, 4.69) is 11.1 Å². The van der Waals surface area contributed by atoms with Crippen LogP contribution in [-0.2, 0) is 0 Å². The van der Waals surface area contributed by atoms with Crippen molar-refractivity contribution in [2.24, 2.45) is 0 Å². The summed E-state index contributed by atoms with van der Waals surface area (Å²) in [6.07, 6.45) is 1.80. The van der Waals surface area contributed by atoms with Crippen molar-refractivity contribution in [3.05, 3.63) is 54.7 Å². The maximum atomic E-state index is 4.24. The van der Waals surface area contributed by atoms with Gasteiger partial charge in [0.1, 0.15) is 0 Å². The van der Waals surface area contributed by atoms with Gasteiger partial charge in [0.25, 0.3) is 0 Å². The topological polar surface area (TPSA) is 12.9 Å². The fourth-order valence-corrected chi connectivity index (χ4v) is 1.09. The maximum absolute atomic E-state index is 4.24. The Morgan fingerprint density at radius 1 is 1.00 bits per heavy atom. The molecule has 58 valence electrons. The third-order valence-corrected chi connectivity index (χ3v) is 1.68. The smallest absolute Gasteiger partial charge is 0.258 e. The zero-order chi connectivity index (χ0) is 8.23. The van der Waals surface area contributed by atoms with Gasteiger partial charge in [-0.15, -0.1) is 5.56 Å². The van der Waals surface area contributed by atoms with Crippen LogP contribution in [0.3, 0.4) is 0 Å². The van der Waals surface area contributed by atoms with Gasteiger partial charge in [0.05, 0.1) is 0 Å². The second-order valence-electron chi connectivity index (χ2n) is 2.50. The van der Waals surface area contributed by atoms with E-state index < -0.39 is 0 Å². The van der Waals surface area contributed by atoms with E-state index in [1.807, 2.05) is 42.5 Å². The van der Waals surface area contributed by atoms with Crippen molar-refractivity contribution in [1.82, 2.24) is 4.98 Å². The molecule has 1 nitrogen and oxygen atoms in total. The zero-order valence-corrected chi connectivity index (χ0v) is 7.57. The Morgan fingerprint density at radius 2 is 1.77 bits per heavy atom. The summed E-state index contributed by atoms with van der Waals surface area (Å²) in [6, 6.07) is 16.7. The third kappa shape index (κ3) is 2.45. The Bertz CT molecular complexity index is 307. The Balaban J connectivity index is 0.000000845. The SMILES string of the molecule is [Li+].[c-]1ccc(-c2ccccn2)cc1. The molecule has 13 heavy (non-hydrogen) atoms. The second-order valence-corrected chi connectivity index (χ2v) is 2.50. The maximum Gasteiger partial charge on any atom is 1.00 e. The summed E-state index contributed by atoms with van der Waals surface area (Å²) >= 11 is 0. The van der Waals surface area contributed by atoms with Gasteiger partial charge in [0, 0.05) is 11.9 Å². The molecule has 0 saturated carbocycles. The van der Waals surface area contributed by atoms with E-state index >= 15 is 0 Å². The molecule has 0 aliphatic rings. The van der Waals surface area contributed by atoms with Crippen LogP contribution in [0, 0.1) is 6.07 Å². The minimum atomic E-state index is 0. The second kappa shape index (κ2) is 4.86. The van der Waals surface area contributed by atoms with E-state index in [1.54, 1.807) is 6.20 Å². The Labute approximate surface area is 90.0 Å². The quantitative estimate of drug-likeness (QED) is 0.408. The summed E-state index contributed by atoms with van der Waals surface area (Å²) in [4.78, 5) is 4.24. The van der Waals surface area contributed by atoms with Crippen LogP contribution in [0.15, 0.2) is 48.7 Å². The van der Waals surface area contributed by atoms with Gasteiger partial charge in [-0.1, -0.05) is 6.07 Å². The first-order valence-corrected chi connectivity index (χ1v) is 3.84. The van der Waals surface area contributed by atoms with Gasteiger partial charge in [0.2, 0.25) is 0 Å². The Hall–Kier alpha value is -1.03. The molecule has 1 aromatic carbocycles. The number of hydrogen-bond donors (Lipinski definition) is 0. The van der Waals surface area contributed by atoms with Crippen LogP contribution < -0.4 is 18.9 Å². The molecule has 0 bridgehead atoms. The molecule has 1 aromatic heterocycles. The molecule has 0 aliphatic heterocycles. The molecule has 0 atom stereocenters. The predicted octanol–water partition coefficient (Wildman–Crippen LogP) is -0.447. The van der Waals surface area contributed by atoms with E-state index in [-0.39, 0.29) is 18.9 Å². The van der Waals surface area contributed by atoms with Gasteiger partial charge >= 0.3 is 18.9 Å². The van der Waals surface area contributed by atoms with Gasteiger partial charge in [-0.2, -0.15) is 30.3 Å². The molecule has 2 rings (SSSR count). The summed E-state index contributed by atoms with van der Waals surface area (Å²) in [6.45, 7) is 0. The molecule has 2 heteroatoms. The first-order chi connectivity index (χ1) is 5.97. The number of benzene rings is 1. The van der Waals surface area contributed by atoms with Crippen molar-refractivity contribution in [1.29, 1.82) is 0 Å². The number of aromatic nitrogens is 1. The van der Waals surface area contributed by atoms with E-state index in [9.17, 15) is 0 Å². The van der Waals surface area contributed by atoms with Crippen LogP contribution in [0.1, 0.15) is 0 Å². The third-order valence-electron chi connectivity index (χ3n) is 1.68. The van der Waals surface area contributed by atoms with Gasteiger partial charge in [0.15, 0.2) is 0 Å². The van der Waals surface area contributed by atoms with Crippen molar-refractivity contribution in [2.75, 3.05) is 0 Å². The molecule has 1 heterocycles. The standard InChI is InChI=1S/C11H8N.Li/c1-2-6-10(7-3-1)11-8-4-5-9-12-11;/h2-9H;/q-1;+1. The van der Waals surface area contributed by atoms with Crippen LogP contribution in [0.4, 0.5) is 0 Å². The monoisotopic (exact) mass is 161 g/mol. The first-order valence-electron chi connectivity index (χ1n) is 3.84. The number of nitrogens with zero attached hydrogens (tertiary/aromatic N) is 1. The zero-order valence-electron chi connectivity index (χ0n) is 7.57. The van der Waals surface area contributed by atoms with Crippen molar-refractivity contribution < 1.29 is 18.9 Å². The molecular weight excluding hydrogens is 153 g/mol. The Kier molecular flexibility index (Phi) is 3.76. The molecular formula is C11H8LiN. The van der Waals surface area contributed by atoms with Crippen LogP contribution in [0.5, 0.6) is 0 Å². The van der Waals surface area contributed by atoms with Crippen LogP contribution >= 0.6 is 0 Å².